The number of nitro groups is 1. The molecule has 0 saturated carbocycles. The summed E-state index contributed by atoms with van der Waals surface area (Å²) in [4.78, 5) is 21.9. The molecule has 2 aromatic rings. The number of carbonyl (C=O) groups is 1. The van der Waals surface area contributed by atoms with Crippen molar-refractivity contribution in [1.29, 1.82) is 0 Å². The van der Waals surface area contributed by atoms with Gasteiger partial charge in [-0.1, -0.05) is 11.6 Å². The molecule has 118 valence electrons. The molecule has 0 spiro atoms. The van der Waals surface area contributed by atoms with E-state index < -0.39 is 16.6 Å². The zero-order valence-corrected chi connectivity index (χ0v) is 12.2. The van der Waals surface area contributed by atoms with Gasteiger partial charge in [-0.25, -0.2) is 5.43 Å². The Morgan fingerprint density at radius 2 is 2.00 bits per heavy atom. The average Bonchev–Trinajstić information content (AvgIpc) is 2.48. The standard InChI is InChI=1S/C14H10ClN3O5/c15-12-4-1-9(18(22)23)5-8(12)7-16-17-14(21)11-3-2-10(19)6-13(11)20/h1-7,19-20H,(H,17,21)/b16-7+. The van der Waals surface area contributed by atoms with Gasteiger partial charge >= 0.3 is 0 Å². The highest BCUT2D eigenvalue weighted by atomic mass is 35.5. The van der Waals surface area contributed by atoms with Crippen LogP contribution in [0, 0.1) is 10.1 Å². The van der Waals surface area contributed by atoms with Gasteiger partial charge in [0.05, 0.1) is 16.7 Å². The number of phenols is 2. The van der Waals surface area contributed by atoms with Gasteiger partial charge < -0.3 is 10.2 Å². The minimum atomic E-state index is -0.722. The van der Waals surface area contributed by atoms with Gasteiger partial charge in [0.15, 0.2) is 0 Å². The largest absolute Gasteiger partial charge is 0.508 e. The second-order valence-electron chi connectivity index (χ2n) is 4.36. The second-order valence-corrected chi connectivity index (χ2v) is 4.77. The Hall–Kier alpha value is -3.13. The maximum Gasteiger partial charge on any atom is 0.275 e. The molecule has 0 aliphatic rings. The maximum atomic E-state index is 11.8. The molecule has 2 rings (SSSR count). The number of carbonyl (C=O) groups excluding carboxylic acids is 1. The van der Waals surface area contributed by atoms with Crippen LogP contribution in [0.4, 0.5) is 5.69 Å². The quantitative estimate of drug-likeness (QED) is 0.449. The van der Waals surface area contributed by atoms with Crippen LogP contribution in [0.2, 0.25) is 5.02 Å². The fraction of sp³-hybridized carbons (Fsp3) is 0. The van der Waals surface area contributed by atoms with Gasteiger partial charge in [-0.15, -0.1) is 0 Å². The molecule has 23 heavy (non-hydrogen) atoms. The summed E-state index contributed by atoms with van der Waals surface area (Å²) in [7, 11) is 0. The number of aromatic hydroxyl groups is 2. The third-order valence-electron chi connectivity index (χ3n) is 2.79. The van der Waals surface area contributed by atoms with Crippen molar-refractivity contribution in [2.45, 2.75) is 0 Å². The Labute approximate surface area is 134 Å². The number of phenolic OH excluding ortho intramolecular Hbond substituents is 2. The Morgan fingerprint density at radius 1 is 1.26 bits per heavy atom. The highest BCUT2D eigenvalue weighted by molar-refractivity contribution is 6.33. The summed E-state index contributed by atoms with van der Waals surface area (Å²) >= 11 is 5.88. The fourth-order valence-electron chi connectivity index (χ4n) is 1.68. The predicted octanol–water partition coefficient (Wildman–Crippen LogP) is 2.42. The van der Waals surface area contributed by atoms with Gasteiger partial charge in [0, 0.05) is 28.8 Å². The van der Waals surface area contributed by atoms with E-state index in [-0.39, 0.29) is 27.6 Å². The van der Waals surface area contributed by atoms with Crippen molar-refractivity contribution < 1.29 is 19.9 Å². The minimum absolute atomic E-state index is 0.0925. The van der Waals surface area contributed by atoms with Crippen molar-refractivity contribution in [3.8, 4) is 11.5 Å². The highest BCUT2D eigenvalue weighted by Gasteiger charge is 2.11. The number of nitro benzene ring substituents is 1. The molecule has 2 aromatic carbocycles. The van der Waals surface area contributed by atoms with Gasteiger partial charge in [-0.3, -0.25) is 14.9 Å². The van der Waals surface area contributed by atoms with E-state index in [0.717, 1.165) is 12.3 Å². The minimum Gasteiger partial charge on any atom is -0.508 e. The molecule has 0 aromatic heterocycles. The molecule has 0 unspecified atom stereocenters. The number of nitrogens with zero attached hydrogens (tertiary/aromatic N) is 2. The lowest BCUT2D eigenvalue weighted by Gasteiger charge is -2.03. The number of hydrogen-bond acceptors (Lipinski definition) is 6. The molecular weight excluding hydrogens is 326 g/mol. The van der Waals surface area contributed by atoms with Crippen LogP contribution >= 0.6 is 11.6 Å². The van der Waals surface area contributed by atoms with Crippen molar-refractivity contribution in [1.82, 2.24) is 5.43 Å². The number of halogens is 1. The zero-order chi connectivity index (χ0) is 17.0. The SMILES string of the molecule is O=C(N/N=C/c1cc([N+](=O)[O-])ccc1Cl)c1ccc(O)cc1O. The van der Waals surface area contributed by atoms with E-state index in [9.17, 15) is 20.0 Å². The molecule has 0 radical (unpaired) electrons. The number of amides is 1. The smallest absolute Gasteiger partial charge is 0.275 e. The monoisotopic (exact) mass is 335 g/mol. The normalized spacial score (nSPS) is 10.7. The molecule has 0 fully saturated rings. The first-order chi connectivity index (χ1) is 10.9. The van der Waals surface area contributed by atoms with Crippen LogP contribution in [-0.2, 0) is 0 Å². The van der Waals surface area contributed by atoms with Crippen molar-refractivity contribution in [2.24, 2.45) is 5.10 Å². The lowest BCUT2D eigenvalue weighted by Crippen LogP contribution is -2.17. The van der Waals surface area contributed by atoms with E-state index in [1.54, 1.807) is 0 Å². The number of hydrogen-bond donors (Lipinski definition) is 3. The molecule has 9 heteroatoms. The van der Waals surface area contributed by atoms with E-state index in [4.69, 9.17) is 16.7 Å². The van der Waals surface area contributed by atoms with Crippen LogP contribution in [0.5, 0.6) is 11.5 Å². The summed E-state index contributed by atoms with van der Waals surface area (Å²) in [5, 5.41) is 33.3. The van der Waals surface area contributed by atoms with Crippen LogP contribution in [0.3, 0.4) is 0 Å². The molecule has 0 bridgehead atoms. The van der Waals surface area contributed by atoms with Crippen molar-refractivity contribution in [3.63, 3.8) is 0 Å². The zero-order valence-electron chi connectivity index (χ0n) is 11.4. The molecule has 8 nitrogen and oxygen atoms in total. The Balaban J connectivity index is 2.14. The summed E-state index contributed by atoms with van der Waals surface area (Å²) in [5.74, 6) is -1.32. The highest BCUT2D eigenvalue weighted by Crippen LogP contribution is 2.22. The average molecular weight is 336 g/mol. The van der Waals surface area contributed by atoms with E-state index in [1.807, 2.05) is 0 Å². The molecular formula is C14H10ClN3O5. The van der Waals surface area contributed by atoms with Crippen molar-refractivity contribution in [2.75, 3.05) is 0 Å². The maximum absolute atomic E-state index is 11.8. The summed E-state index contributed by atoms with van der Waals surface area (Å²) in [5.41, 5.74) is 2.13. The topological polar surface area (TPSA) is 125 Å². The molecule has 0 atom stereocenters. The van der Waals surface area contributed by atoms with Crippen LogP contribution in [0.25, 0.3) is 0 Å². The second kappa shape index (κ2) is 6.75. The molecule has 0 heterocycles. The fourth-order valence-corrected chi connectivity index (χ4v) is 1.84. The third kappa shape index (κ3) is 3.95. The Morgan fingerprint density at radius 3 is 2.65 bits per heavy atom. The number of benzene rings is 2. The summed E-state index contributed by atoms with van der Waals surface area (Å²) in [6.07, 6.45) is 1.14. The van der Waals surface area contributed by atoms with Crippen LogP contribution in [0.1, 0.15) is 15.9 Å². The van der Waals surface area contributed by atoms with Gasteiger partial charge in [-0.2, -0.15) is 5.10 Å². The molecule has 0 aliphatic carbocycles. The third-order valence-corrected chi connectivity index (χ3v) is 3.13. The summed E-state index contributed by atoms with van der Waals surface area (Å²) in [6, 6.07) is 7.25. The lowest BCUT2D eigenvalue weighted by molar-refractivity contribution is -0.384. The van der Waals surface area contributed by atoms with Gasteiger partial charge in [-0.05, 0) is 18.2 Å². The Kier molecular flexibility index (Phi) is 4.77. The van der Waals surface area contributed by atoms with E-state index in [2.05, 4.69) is 10.5 Å². The number of hydrazone groups is 1. The Bertz CT molecular complexity index is 807. The van der Waals surface area contributed by atoms with E-state index >= 15 is 0 Å². The number of non-ortho nitro benzene ring substituents is 1. The predicted molar refractivity (Wildman–Crippen MR) is 82.9 cm³/mol. The van der Waals surface area contributed by atoms with Crippen LogP contribution in [-0.4, -0.2) is 27.3 Å². The number of rotatable bonds is 4. The van der Waals surface area contributed by atoms with E-state index in [1.165, 1.54) is 30.3 Å². The molecule has 0 aliphatic heterocycles. The van der Waals surface area contributed by atoms with Crippen molar-refractivity contribution >= 4 is 29.4 Å². The van der Waals surface area contributed by atoms with Gasteiger partial charge in [0.1, 0.15) is 11.5 Å². The van der Waals surface area contributed by atoms with Crippen LogP contribution in [0.15, 0.2) is 41.5 Å². The van der Waals surface area contributed by atoms with Gasteiger partial charge in [0.2, 0.25) is 0 Å². The molecule has 1 amide bonds. The molecule has 3 N–H and O–H groups in total. The molecule has 0 saturated heterocycles. The first-order valence-corrected chi connectivity index (χ1v) is 6.55. The van der Waals surface area contributed by atoms with E-state index in [0.29, 0.717) is 0 Å². The first-order valence-electron chi connectivity index (χ1n) is 6.18. The van der Waals surface area contributed by atoms with Crippen LogP contribution < -0.4 is 5.43 Å². The summed E-state index contributed by atoms with van der Waals surface area (Å²) in [6.45, 7) is 0. The summed E-state index contributed by atoms with van der Waals surface area (Å²) < 4.78 is 0. The lowest BCUT2D eigenvalue weighted by atomic mass is 10.2. The number of nitrogens with one attached hydrogen (secondary N) is 1. The van der Waals surface area contributed by atoms with Gasteiger partial charge in [0.25, 0.3) is 11.6 Å². The first kappa shape index (κ1) is 16.2. The van der Waals surface area contributed by atoms with Crippen molar-refractivity contribution in [3.05, 3.63) is 62.7 Å².